The van der Waals surface area contributed by atoms with Crippen LogP contribution in [0.5, 0.6) is 0 Å². The van der Waals surface area contributed by atoms with Crippen LogP contribution in [0, 0.1) is 0 Å². The Hall–Kier alpha value is -0.770. The Bertz CT molecular complexity index is 392. The Kier molecular flexibility index (Phi) is 6.47. The summed E-state index contributed by atoms with van der Waals surface area (Å²) in [6, 6.07) is 7.53. The zero-order valence-electron chi connectivity index (χ0n) is 10.1. The van der Waals surface area contributed by atoms with Gasteiger partial charge in [0, 0.05) is 11.6 Å². The van der Waals surface area contributed by atoms with Gasteiger partial charge in [-0.25, -0.2) is 0 Å². The van der Waals surface area contributed by atoms with E-state index in [-0.39, 0.29) is 24.4 Å². The minimum Gasteiger partial charge on any atom is -0.351 e. The van der Waals surface area contributed by atoms with Crippen molar-refractivity contribution in [3.8, 4) is 0 Å². The minimum absolute atomic E-state index is 0. The van der Waals surface area contributed by atoms with E-state index in [1.807, 2.05) is 24.3 Å². The molecule has 1 amide bonds. The lowest BCUT2D eigenvalue weighted by molar-refractivity contribution is -0.123. The normalized spacial score (nSPS) is 18.8. The molecule has 1 aromatic carbocycles. The minimum atomic E-state index is -0.0359. The molecule has 1 aliphatic rings. The van der Waals surface area contributed by atoms with Crippen LogP contribution < -0.4 is 10.6 Å². The number of piperidine rings is 1. The lowest BCUT2D eigenvalue weighted by Crippen LogP contribution is -2.46. The van der Waals surface area contributed by atoms with Gasteiger partial charge < -0.3 is 10.6 Å². The predicted molar refractivity (Wildman–Crippen MR) is 76.2 cm³/mol. The second-order valence-corrected chi connectivity index (χ2v) is 4.72. The van der Waals surface area contributed by atoms with E-state index >= 15 is 0 Å². The SMILES string of the molecule is Cl.O=C(NCc1ccccc1Cl)C1CCCCN1. The molecule has 1 aliphatic heterocycles. The molecule has 1 unspecified atom stereocenters. The van der Waals surface area contributed by atoms with E-state index in [0.717, 1.165) is 31.4 Å². The summed E-state index contributed by atoms with van der Waals surface area (Å²) in [4.78, 5) is 11.9. The molecular formula is C13H18Cl2N2O. The van der Waals surface area contributed by atoms with Gasteiger partial charge in [-0.3, -0.25) is 4.79 Å². The summed E-state index contributed by atoms with van der Waals surface area (Å²) in [5, 5.41) is 6.85. The molecule has 2 N–H and O–H groups in total. The second-order valence-electron chi connectivity index (χ2n) is 4.31. The molecule has 1 fully saturated rings. The van der Waals surface area contributed by atoms with Gasteiger partial charge in [-0.2, -0.15) is 0 Å². The Morgan fingerprint density at radius 1 is 1.39 bits per heavy atom. The fourth-order valence-electron chi connectivity index (χ4n) is 2.02. The van der Waals surface area contributed by atoms with Gasteiger partial charge in [0.15, 0.2) is 0 Å². The number of hydrogen-bond donors (Lipinski definition) is 2. The number of amides is 1. The van der Waals surface area contributed by atoms with E-state index in [4.69, 9.17) is 11.6 Å². The van der Waals surface area contributed by atoms with Gasteiger partial charge in [0.25, 0.3) is 0 Å². The van der Waals surface area contributed by atoms with Crippen LogP contribution in [-0.4, -0.2) is 18.5 Å². The molecule has 0 saturated carbocycles. The molecule has 100 valence electrons. The first-order valence-electron chi connectivity index (χ1n) is 6.02. The number of carbonyl (C=O) groups excluding carboxylic acids is 1. The average Bonchev–Trinajstić information content (AvgIpc) is 2.38. The summed E-state index contributed by atoms with van der Waals surface area (Å²) in [5.74, 6) is 0.0737. The second kappa shape index (κ2) is 7.62. The van der Waals surface area contributed by atoms with Crippen molar-refractivity contribution >= 4 is 29.9 Å². The molecule has 3 nitrogen and oxygen atoms in total. The fraction of sp³-hybridized carbons (Fsp3) is 0.462. The highest BCUT2D eigenvalue weighted by Crippen LogP contribution is 2.14. The van der Waals surface area contributed by atoms with Gasteiger partial charge in [-0.15, -0.1) is 12.4 Å². The largest absolute Gasteiger partial charge is 0.351 e. The standard InChI is InChI=1S/C13H17ClN2O.ClH/c14-11-6-2-1-5-10(11)9-16-13(17)12-7-3-4-8-15-12;/h1-2,5-6,12,15H,3-4,7-9H2,(H,16,17);1H. The van der Waals surface area contributed by atoms with Gasteiger partial charge in [0.1, 0.15) is 0 Å². The Morgan fingerprint density at radius 3 is 2.83 bits per heavy atom. The lowest BCUT2D eigenvalue weighted by atomic mass is 10.0. The van der Waals surface area contributed by atoms with Crippen LogP contribution >= 0.6 is 24.0 Å². The number of carbonyl (C=O) groups is 1. The number of halogens is 2. The first-order chi connectivity index (χ1) is 8.27. The van der Waals surface area contributed by atoms with E-state index in [2.05, 4.69) is 10.6 Å². The number of rotatable bonds is 3. The van der Waals surface area contributed by atoms with Gasteiger partial charge in [-0.1, -0.05) is 36.2 Å². The molecule has 1 saturated heterocycles. The molecule has 0 bridgehead atoms. The smallest absolute Gasteiger partial charge is 0.237 e. The van der Waals surface area contributed by atoms with Crippen LogP contribution in [0.4, 0.5) is 0 Å². The van der Waals surface area contributed by atoms with Gasteiger partial charge in [0.2, 0.25) is 5.91 Å². The van der Waals surface area contributed by atoms with Crippen LogP contribution in [0.2, 0.25) is 5.02 Å². The maximum absolute atomic E-state index is 11.9. The highest BCUT2D eigenvalue weighted by molar-refractivity contribution is 6.31. The van der Waals surface area contributed by atoms with Crippen molar-refractivity contribution in [1.29, 1.82) is 0 Å². The van der Waals surface area contributed by atoms with Crippen LogP contribution in [0.3, 0.4) is 0 Å². The van der Waals surface area contributed by atoms with E-state index < -0.39 is 0 Å². The molecule has 1 atom stereocenters. The molecule has 2 rings (SSSR count). The van der Waals surface area contributed by atoms with E-state index in [1.54, 1.807) is 0 Å². The van der Waals surface area contributed by atoms with E-state index in [1.165, 1.54) is 0 Å². The molecule has 0 aliphatic carbocycles. The van der Waals surface area contributed by atoms with Gasteiger partial charge >= 0.3 is 0 Å². The topological polar surface area (TPSA) is 41.1 Å². The zero-order chi connectivity index (χ0) is 12.1. The highest BCUT2D eigenvalue weighted by atomic mass is 35.5. The lowest BCUT2D eigenvalue weighted by Gasteiger charge is -2.22. The van der Waals surface area contributed by atoms with E-state index in [9.17, 15) is 4.79 Å². The summed E-state index contributed by atoms with van der Waals surface area (Å²) >= 11 is 6.03. The van der Waals surface area contributed by atoms with Crippen LogP contribution in [0.25, 0.3) is 0 Å². The number of hydrogen-bond acceptors (Lipinski definition) is 2. The summed E-state index contributed by atoms with van der Waals surface area (Å²) in [6.07, 6.45) is 3.21. The molecular weight excluding hydrogens is 271 g/mol. The molecule has 0 spiro atoms. The van der Waals surface area contributed by atoms with Crippen molar-refractivity contribution < 1.29 is 4.79 Å². The monoisotopic (exact) mass is 288 g/mol. The van der Waals surface area contributed by atoms with Crippen molar-refractivity contribution in [3.05, 3.63) is 34.9 Å². The highest BCUT2D eigenvalue weighted by Gasteiger charge is 2.19. The molecule has 5 heteroatoms. The molecule has 1 heterocycles. The molecule has 18 heavy (non-hydrogen) atoms. The summed E-state index contributed by atoms with van der Waals surface area (Å²) in [7, 11) is 0. The third-order valence-corrected chi connectivity index (χ3v) is 3.41. The third kappa shape index (κ3) is 4.16. The Morgan fingerprint density at radius 2 is 2.17 bits per heavy atom. The van der Waals surface area contributed by atoms with Crippen LogP contribution in [-0.2, 0) is 11.3 Å². The number of nitrogens with one attached hydrogen (secondary N) is 2. The van der Waals surface area contributed by atoms with Crippen molar-refractivity contribution in [2.45, 2.75) is 31.8 Å². The Labute approximate surface area is 119 Å². The summed E-state index contributed by atoms with van der Waals surface area (Å²) in [5.41, 5.74) is 0.957. The van der Waals surface area contributed by atoms with Crippen molar-refractivity contribution in [3.63, 3.8) is 0 Å². The van der Waals surface area contributed by atoms with Crippen molar-refractivity contribution in [1.82, 2.24) is 10.6 Å². The fourth-order valence-corrected chi connectivity index (χ4v) is 2.23. The molecule has 0 radical (unpaired) electrons. The maximum atomic E-state index is 11.9. The third-order valence-electron chi connectivity index (χ3n) is 3.04. The zero-order valence-corrected chi connectivity index (χ0v) is 11.7. The summed E-state index contributed by atoms with van der Waals surface area (Å²) < 4.78 is 0. The first-order valence-corrected chi connectivity index (χ1v) is 6.39. The first kappa shape index (κ1) is 15.3. The predicted octanol–water partition coefficient (Wildman–Crippen LogP) is 2.52. The van der Waals surface area contributed by atoms with Crippen LogP contribution in [0.1, 0.15) is 24.8 Å². The van der Waals surface area contributed by atoms with Gasteiger partial charge in [-0.05, 0) is 31.0 Å². The quantitative estimate of drug-likeness (QED) is 0.897. The average molecular weight is 289 g/mol. The molecule has 1 aromatic rings. The maximum Gasteiger partial charge on any atom is 0.237 e. The Balaban J connectivity index is 0.00000162. The van der Waals surface area contributed by atoms with Gasteiger partial charge in [0.05, 0.1) is 6.04 Å². The van der Waals surface area contributed by atoms with Crippen molar-refractivity contribution in [2.75, 3.05) is 6.54 Å². The number of benzene rings is 1. The molecule has 0 aromatic heterocycles. The van der Waals surface area contributed by atoms with E-state index in [0.29, 0.717) is 11.6 Å². The van der Waals surface area contributed by atoms with Crippen molar-refractivity contribution in [2.24, 2.45) is 0 Å². The summed E-state index contributed by atoms with van der Waals surface area (Å²) in [6.45, 7) is 1.43. The van der Waals surface area contributed by atoms with Crippen LogP contribution in [0.15, 0.2) is 24.3 Å².